The third kappa shape index (κ3) is 5.08. The Balaban J connectivity index is 1.89. The largest absolute Gasteiger partial charge is 0.433 e. The smallest absolute Gasteiger partial charge is 0.293 e. The van der Waals surface area contributed by atoms with Crippen LogP contribution in [0.3, 0.4) is 0 Å². The summed E-state index contributed by atoms with van der Waals surface area (Å²) in [5.41, 5.74) is 0.0131. The Morgan fingerprint density at radius 3 is 2.30 bits per heavy atom. The lowest BCUT2D eigenvalue weighted by molar-refractivity contribution is -0.141. The van der Waals surface area contributed by atoms with Crippen LogP contribution in [-0.2, 0) is 6.18 Å². The number of alkyl halides is 3. The Bertz CT molecular complexity index is 947. The molecule has 0 fully saturated rings. The van der Waals surface area contributed by atoms with Gasteiger partial charge in [-0.15, -0.1) is 0 Å². The SMILES string of the molecule is O=C(CSc1nc(-c2ccc(Cl)cc2)cc(C(F)(F)F)n1)c1ccccc1. The molecule has 0 spiro atoms. The van der Waals surface area contributed by atoms with E-state index in [2.05, 4.69) is 9.97 Å². The fraction of sp³-hybridized carbons (Fsp3) is 0.105. The van der Waals surface area contributed by atoms with Crippen molar-refractivity contribution in [3.8, 4) is 11.3 Å². The molecule has 0 saturated heterocycles. The number of benzene rings is 2. The van der Waals surface area contributed by atoms with Gasteiger partial charge in [-0.2, -0.15) is 13.2 Å². The maximum absolute atomic E-state index is 13.2. The number of rotatable bonds is 5. The van der Waals surface area contributed by atoms with E-state index in [1.165, 1.54) is 0 Å². The lowest BCUT2D eigenvalue weighted by atomic mass is 10.1. The van der Waals surface area contributed by atoms with Crippen LogP contribution < -0.4 is 0 Å². The molecule has 0 amide bonds. The van der Waals surface area contributed by atoms with Crippen LogP contribution in [-0.4, -0.2) is 21.5 Å². The van der Waals surface area contributed by atoms with Crippen LogP contribution in [0.15, 0.2) is 65.8 Å². The van der Waals surface area contributed by atoms with Crippen LogP contribution in [0.4, 0.5) is 13.2 Å². The summed E-state index contributed by atoms with van der Waals surface area (Å²) < 4.78 is 39.6. The van der Waals surface area contributed by atoms with Gasteiger partial charge in [-0.25, -0.2) is 9.97 Å². The molecule has 0 aliphatic rings. The third-order valence-corrected chi connectivity index (χ3v) is 4.66. The number of halogens is 4. The molecule has 0 aliphatic carbocycles. The number of nitrogens with zero attached hydrogens (tertiary/aromatic N) is 2. The molecule has 8 heteroatoms. The molecule has 0 radical (unpaired) electrons. The molecule has 3 aromatic rings. The topological polar surface area (TPSA) is 42.9 Å². The monoisotopic (exact) mass is 408 g/mol. The molecule has 3 nitrogen and oxygen atoms in total. The van der Waals surface area contributed by atoms with E-state index in [4.69, 9.17) is 11.6 Å². The average molecular weight is 409 g/mol. The molecule has 0 atom stereocenters. The molecule has 2 aromatic carbocycles. The van der Waals surface area contributed by atoms with Gasteiger partial charge in [0.15, 0.2) is 10.9 Å². The first-order chi connectivity index (χ1) is 12.8. The first kappa shape index (κ1) is 19.4. The van der Waals surface area contributed by atoms with Gasteiger partial charge in [0.25, 0.3) is 0 Å². The zero-order valence-corrected chi connectivity index (χ0v) is 15.3. The van der Waals surface area contributed by atoms with Gasteiger partial charge < -0.3 is 0 Å². The second kappa shape index (κ2) is 8.10. The minimum atomic E-state index is -4.62. The third-order valence-electron chi connectivity index (χ3n) is 3.56. The number of Topliss-reactive ketones (excluding diaryl/α,β-unsaturated/α-hetero) is 1. The highest BCUT2D eigenvalue weighted by molar-refractivity contribution is 7.99. The summed E-state index contributed by atoms with van der Waals surface area (Å²) in [6, 6.07) is 15.7. The van der Waals surface area contributed by atoms with Crippen molar-refractivity contribution in [3.05, 3.63) is 76.9 Å². The van der Waals surface area contributed by atoms with Crippen molar-refractivity contribution in [3.63, 3.8) is 0 Å². The van der Waals surface area contributed by atoms with Gasteiger partial charge in [0, 0.05) is 16.1 Å². The van der Waals surface area contributed by atoms with Gasteiger partial charge in [-0.05, 0) is 18.2 Å². The van der Waals surface area contributed by atoms with E-state index in [0.717, 1.165) is 17.8 Å². The van der Waals surface area contributed by atoms with E-state index in [9.17, 15) is 18.0 Å². The maximum atomic E-state index is 13.2. The van der Waals surface area contributed by atoms with E-state index in [1.54, 1.807) is 54.6 Å². The number of carbonyl (C=O) groups is 1. The summed E-state index contributed by atoms with van der Waals surface area (Å²) >= 11 is 6.69. The number of carbonyl (C=O) groups excluding carboxylic acids is 1. The van der Waals surface area contributed by atoms with Crippen LogP contribution in [0.2, 0.25) is 5.02 Å². The summed E-state index contributed by atoms with van der Waals surface area (Å²) in [4.78, 5) is 19.9. The van der Waals surface area contributed by atoms with Crippen molar-refractivity contribution in [1.29, 1.82) is 0 Å². The molecule has 0 saturated carbocycles. The summed E-state index contributed by atoms with van der Waals surface area (Å²) in [6.45, 7) is 0. The highest BCUT2D eigenvalue weighted by Crippen LogP contribution is 2.32. The number of aromatic nitrogens is 2. The lowest BCUT2D eigenvalue weighted by Gasteiger charge is -2.10. The zero-order chi connectivity index (χ0) is 19.4. The first-order valence-electron chi connectivity index (χ1n) is 7.76. The molecular formula is C19H12ClF3N2OS. The molecule has 1 heterocycles. The summed E-state index contributed by atoms with van der Waals surface area (Å²) in [6.07, 6.45) is -4.62. The van der Waals surface area contributed by atoms with Gasteiger partial charge in [0.05, 0.1) is 11.4 Å². The van der Waals surface area contributed by atoms with Crippen molar-refractivity contribution in [2.24, 2.45) is 0 Å². The molecule has 0 unspecified atom stereocenters. The fourth-order valence-electron chi connectivity index (χ4n) is 2.24. The standard InChI is InChI=1S/C19H12ClF3N2OS/c20-14-8-6-12(7-9-14)15-10-17(19(21,22)23)25-18(24-15)27-11-16(26)13-4-2-1-3-5-13/h1-10H,11H2. The minimum absolute atomic E-state index is 0.0641. The van der Waals surface area contributed by atoms with Gasteiger partial charge in [0.1, 0.15) is 5.69 Å². The summed E-state index contributed by atoms with van der Waals surface area (Å²) in [5.74, 6) is -0.277. The number of ketones is 1. The van der Waals surface area contributed by atoms with Crippen LogP contribution in [0.1, 0.15) is 16.1 Å². The van der Waals surface area contributed by atoms with Crippen LogP contribution in [0.25, 0.3) is 11.3 Å². The number of thioether (sulfide) groups is 1. The van der Waals surface area contributed by atoms with Crippen LogP contribution in [0.5, 0.6) is 0 Å². The first-order valence-corrected chi connectivity index (χ1v) is 9.12. The fourth-order valence-corrected chi connectivity index (χ4v) is 3.12. The van der Waals surface area contributed by atoms with Crippen molar-refractivity contribution in [2.45, 2.75) is 11.3 Å². The quantitative estimate of drug-likeness (QED) is 0.304. The lowest BCUT2D eigenvalue weighted by Crippen LogP contribution is -2.11. The predicted octanol–water partition coefficient (Wildman–Crippen LogP) is 5.79. The Labute approximate surface area is 162 Å². The van der Waals surface area contributed by atoms with Gasteiger partial charge in [-0.3, -0.25) is 4.79 Å². The Hall–Kier alpha value is -2.38. The minimum Gasteiger partial charge on any atom is -0.293 e. The van der Waals surface area contributed by atoms with E-state index in [1.807, 2.05) is 0 Å². The molecular weight excluding hydrogens is 397 g/mol. The summed E-state index contributed by atoms with van der Waals surface area (Å²) in [5, 5.41) is 0.353. The molecule has 0 aliphatic heterocycles. The second-order valence-corrected chi connectivity index (χ2v) is 6.88. The summed E-state index contributed by atoms with van der Waals surface area (Å²) in [7, 11) is 0. The van der Waals surface area contributed by atoms with Crippen LogP contribution in [0, 0.1) is 0 Å². The van der Waals surface area contributed by atoms with E-state index < -0.39 is 11.9 Å². The normalized spacial score (nSPS) is 11.4. The molecule has 1 aromatic heterocycles. The highest BCUT2D eigenvalue weighted by Gasteiger charge is 2.34. The maximum Gasteiger partial charge on any atom is 0.433 e. The zero-order valence-electron chi connectivity index (χ0n) is 13.7. The molecule has 138 valence electrons. The van der Waals surface area contributed by atoms with E-state index in [0.29, 0.717) is 16.1 Å². The van der Waals surface area contributed by atoms with Crippen molar-refractivity contribution in [2.75, 3.05) is 5.75 Å². The average Bonchev–Trinajstić information content (AvgIpc) is 2.66. The van der Waals surface area contributed by atoms with Crippen molar-refractivity contribution in [1.82, 2.24) is 9.97 Å². The van der Waals surface area contributed by atoms with Crippen molar-refractivity contribution < 1.29 is 18.0 Å². The number of hydrogen-bond acceptors (Lipinski definition) is 4. The highest BCUT2D eigenvalue weighted by atomic mass is 35.5. The van der Waals surface area contributed by atoms with Gasteiger partial charge >= 0.3 is 6.18 Å². The Kier molecular flexibility index (Phi) is 5.82. The van der Waals surface area contributed by atoms with Gasteiger partial charge in [0.2, 0.25) is 0 Å². The number of hydrogen-bond donors (Lipinski definition) is 0. The molecule has 3 rings (SSSR count). The van der Waals surface area contributed by atoms with Gasteiger partial charge in [-0.1, -0.05) is 65.8 Å². The van der Waals surface area contributed by atoms with Crippen molar-refractivity contribution >= 4 is 29.1 Å². The molecule has 0 N–H and O–H groups in total. The Morgan fingerprint density at radius 1 is 1.00 bits per heavy atom. The molecule has 0 bridgehead atoms. The van der Waals surface area contributed by atoms with E-state index in [-0.39, 0.29) is 22.4 Å². The predicted molar refractivity (Wildman–Crippen MR) is 99.0 cm³/mol. The second-order valence-electron chi connectivity index (χ2n) is 5.50. The van der Waals surface area contributed by atoms with E-state index >= 15 is 0 Å². The molecule has 27 heavy (non-hydrogen) atoms. The Morgan fingerprint density at radius 2 is 1.67 bits per heavy atom. The van der Waals surface area contributed by atoms with Crippen LogP contribution >= 0.6 is 23.4 Å².